The zero-order valence-corrected chi connectivity index (χ0v) is 23.6. The van der Waals surface area contributed by atoms with Crippen LogP contribution in [0, 0.1) is 11.8 Å². The molecule has 0 spiro atoms. The van der Waals surface area contributed by atoms with Gasteiger partial charge in [0, 0.05) is 5.92 Å². The molecule has 3 atom stereocenters. The monoisotopic (exact) mass is 543 g/mol. The Morgan fingerprint density at radius 3 is 1.70 bits per heavy atom. The van der Waals surface area contributed by atoms with Gasteiger partial charge in [0.15, 0.2) is 0 Å². The topological polar surface area (TPSA) is 83.9 Å². The molecule has 2 amide bonds. The Bertz CT molecular complexity index is 1180. The number of carboxylic acids is 1. The van der Waals surface area contributed by atoms with Crippen LogP contribution in [-0.4, -0.2) is 40.6 Å². The van der Waals surface area contributed by atoms with Gasteiger partial charge in [-0.05, 0) is 61.6 Å². The van der Waals surface area contributed by atoms with Gasteiger partial charge in [-0.2, -0.15) is 0 Å². The Morgan fingerprint density at radius 1 is 0.775 bits per heavy atom. The van der Waals surface area contributed by atoms with E-state index in [0.29, 0.717) is 6.42 Å². The van der Waals surface area contributed by atoms with E-state index in [4.69, 9.17) is 9.84 Å². The van der Waals surface area contributed by atoms with E-state index in [1.807, 2.05) is 73.7 Å². The summed E-state index contributed by atoms with van der Waals surface area (Å²) in [5, 5.41) is 8.68. The third-order valence-corrected chi connectivity index (χ3v) is 7.25. The van der Waals surface area contributed by atoms with Crippen LogP contribution >= 0.6 is 0 Å². The first-order valence-electron chi connectivity index (χ1n) is 14.2. The van der Waals surface area contributed by atoms with Crippen LogP contribution in [0.5, 0.6) is 0 Å². The highest BCUT2D eigenvalue weighted by molar-refractivity contribution is 5.94. The van der Waals surface area contributed by atoms with Crippen molar-refractivity contribution in [1.82, 2.24) is 4.90 Å². The molecule has 0 unspecified atom stereocenters. The van der Waals surface area contributed by atoms with Gasteiger partial charge in [-0.1, -0.05) is 105 Å². The van der Waals surface area contributed by atoms with Gasteiger partial charge in [0.2, 0.25) is 5.91 Å². The molecule has 0 bridgehead atoms. The molecular weight excluding hydrogens is 502 g/mol. The molecule has 6 nitrogen and oxygen atoms in total. The molecule has 212 valence electrons. The number of aryl methyl sites for hydroxylation is 2. The summed E-state index contributed by atoms with van der Waals surface area (Å²) >= 11 is 0. The van der Waals surface area contributed by atoms with E-state index >= 15 is 0 Å². The Morgan fingerprint density at radius 2 is 1.23 bits per heavy atom. The van der Waals surface area contributed by atoms with Gasteiger partial charge < -0.3 is 9.84 Å². The number of carbonyl (C=O) groups is 3. The number of carbonyl (C=O) groups excluding carboxylic acids is 2. The summed E-state index contributed by atoms with van der Waals surface area (Å²) in [6, 6.07) is 30.1. The summed E-state index contributed by atoms with van der Waals surface area (Å²) in [4.78, 5) is 36.8. The van der Waals surface area contributed by atoms with Crippen molar-refractivity contribution < 1.29 is 24.2 Å². The molecule has 0 saturated carbocycles. The summed E-state index contributed by atoms with van der Waals surface area (Å²) in [6.07, 6.45) is 5.41. The van der Waals surface area contributed by atoms with E-state index in [1.54, 1.807) is 6.92 Å². The van der Waals surface area contributed by atoms with Crippen molar-refractivity contribution in [3.05, 3.63) is 108 Å². The highest BCUT2D eigenvalue weighted by Gasteiger charge is 2.39. The maximum atomic E-state index is 12.8. The highest BCUT2D eigenvalue weighted by Crippen LogP contribution is 2.22. The van der Waals surface area contributed by atoms with Crippen LogP contribution in [-0.2, 0) is 33.6 Å². The second kappa shape index (κ2) is 16.2. The van der Waals surface area contributed by atoms with E-state index in [-0.39, 0.29) is 30.4 Å². The lowest BCUT2D eigenvalue weighted by molar-refractivity contribution is -0.141. The minimum atomic E-state index is -0.696. The molecule has 1 aliphatic heterocycles. The zero-order chi connectivity index (χ0) is 28.7. The van der Waals surface area contributed by atoms with Gasteiger partial charge in [-0.3, -0.25) is 9.59 Å². The number of amides is 2. The van der Waals surface area contributed by atoms with Crippen molar-refractivity contribution in [2.45, 2.75) is 64.8 Å². The van der Waals surface area contributed by atoms with Crippen LogP contribution in [0.2, 0.25) is 0 Å². The highest BCUT2D eigenvalue weighted by atomic mass is 16.6. The standard InChI is InChI=1S/C22H25NO3.C12H16O2/c1-17(9-8-14-18-10-4-2-5-11-18)21(24)23-20(16-26-22(23)25)15-19-12-6-3-7-13-19;1-10(12(13)14)6-5-9-11-7-3-2-4-8-11/h2-7,10-13,17,20H,8-9,14-16H2,1H3;2-4,7-8,10H,5-6,9H2,1H3,(H,13,14)/t17-,20-;10-/m00/s1. The summed E-state index contributed by atoms with van der Waals surface area (Å²) in [5.74, 6) is -1.24. The second-order valence-electron chi connectivity index (χ2n) is 10.5. The maximum Gasteiger partial charge on any atom is 0.416 e. The number of rotatable bonds is 12. The van der Waals surface area contributed by atoms with Crippen molar-refractivity contribution in [3.63, 3.8) is 0 Å². The van der Waals surface area contributed by atoms with Gasteiger partial charge in [0.05, 0.1) is 12.0 Å². The van der Waals surface area contributed by atoms with Crippen LogP contribution in [0.3, 0.4) is 0 Å². The third kappa shape index (κ3) is 9.99. The summed E-state index contributed by atoms with van der Waals surface area (Å²) in [7, 11) is 0. The van der Waals surface area contributed by atoms with Crippen LogP contribution in [0.15, 0.2) is 91.0 Å². The average Bonchev–Trinajstić information content (AvgIpc) is 3.33. The van der Waals surface area contributed by atoms with Gasteiger partial charge in [0.25, 0.3) is 0 Å². The Kier molecular flexibility index (Phi) is 12.4. The molecule has 1 aliphatic rings. The lowest BCUT2D eigenvalue weighted by Crippen LogP contribution is -2.43. The van der Waals surface area contributed by atoms with Crippen molar-refractivity contribution in [3.8, 4) is 0 Å². The molecule has 40 heavy (non-hydrogen) atoms. The lowest BCUT2D eigenvalue weighted by Gasteiger charge is -2.23. The molecule has 1 fully saturated rings. The molecule has 0 radical (unpaired) electrons. The van der Waals surface area contributed by atoms with E-state index in [1.165, 1.54) is 16.0 Å². The quantitative estimate of drug-likeness (QED) is 0.267. The zero-order valence-electron chi connectivity index (χ0n) is 23.6. The van der Waals surface area contributed by atoms with Gasteiger partial charge >= 0.3 is 12.1 Å². The smallest absolute Gasteiger partial charge is 0.416 e. The lowest BCUT2D eigenvalue weighted by atomic mass is 9.98. The van der Waals surface area contributed by atoms with Crippen molar-refractivity contribution in [2.75, 3.05) is 6.61 Å². The largest absolute Gasteiger partial charge is 0.481 e. The number of benzene rings is 3. The van der Waals surface area contributed by atoms with Gasteiger partial charge in [-0.25, -0.2) is 9.69 Å². The maximum absolute atomic E-state index is 12.8. The molecular formula is C34H41NO5. The van der Waals surface area contributed by atoms with Crippen molar-refractivity contribution >= 4 is 18.0 Å². The van der Waals surface area contributed by atoms with Crippen LogP contribution in [0.1, 0.15) is 56.2 Å². The predicted molar refractivity (Wildman–Crippen MR) is 157 cm³/mol. The van der Waals surface area contributed by atoms with E-state index in [2.05, 4.69) is 24.3 Å². The number of hydrogen-bond acceptors (Lipinski definition) is 4. The van der Waals surface area contributed by atoms with Crippen molar-refractivity contribution in [2.24, 2.45) is 11.8 Å². The molecule has 1 N–H and O–H groups in total. The number of carboxylic acid groups (broad SMARTS) is 1. The van der Waals surface area contributed by atoms with E-state index < -0.39 is 12.1 Å². The predicted octanol–water partition coefficient (Wildman–Crippen LogP) is 6.97. The second-order valence-corrected chi connectivity index (χ2v) is 10.5. The number of aliphatic carboxylic acids is 1. The minimum absolute atomic E-state index is 0.124. The fourth-order valence-electron chi connectivity index (χ4n) is 4.77. The molecule has 6 heteroatoms. The summed E-state index contributed by atoms with van der Waals surface area (Å²) < 4.78 is 5.16. The number of hydrogen-bond donors (Lipinski definition) is 1. The number of imide groups is 1. The molecule has 4 rings (SSSR count). The molecule has 0 aromatic heterocycles. The molecule has 3 aromatic carbocycles. The van der Waals surface area contributed by atoms with Gasteiger partial charge in [-0.15, -0.1) is 0 Å². The average molecular weight is 544 g/mol. The first kappa shape index (κ1) is 30.6. The Labute approximate surface area is 238 Å². The van der Waals surface area contributed by atoms with Crippen molar-refractivity contribution in [1.29, 1.82) is 0 Å². The fourth-order valence-corrected chi connectivity index (χ4v) is 4.77. The number of nitrogens with zero attached hydrogens (tertiary/aromatic N) is 1. The summed E-state index contributed by atoms with van der Waals surface area (Å²) in [6.45, 7) is 3.93. The number of cyclic esters (lactones) is 1. The fraction of sp³-hybridized carbons (Fsp3) is 0.382. The van der Waals surface area contributed by atoms with Crippen LogP contribution in [0.4, 0.5) is 4.79 Å². The SMILES string of the molecule is C[C@@H](CCCc1ccccc1)C(=O)N1C(=O)OC[C@@H]1Cc1ccccc1.C[C@@H](CCCc1ccccc1)C(=O)O. The minimum Gasteiger partial charge on any atom is -0.481 e. The van der Waals surface area contributed by atoms with Gasteiger partial charge in [0.1, 0.15) is 6.61 Å². The van der Waals surface area contributed by atoms with E-state index in [0.717, 1.165) is 44.1 Å². The molecule has 1 heterocycles. The normalized spacial score (nSPS) is 15.9. The third-order valence-electron chi connectivity index (χ3n) is 7.25. The van der Waals surface area contributed by atoms with E-state index in [9.17, 15) is 14.4 Å². The molecule has 1 saturated heterocycles. The first-order chi connectivity index (χ1) is 19.3. The molecule has 3 aromatic rings. The number of ether oxygens (including phenoxy) is 1. The Balaban J connectivity index is 0.000000267. The Hall–Kier alpha value is -3.93. The van der Waals surface area contributed by atoms with Crippen LogP contribution < -0.4 is 0 Å². The molecule has 0 aliphatic carbocycles. The summed E-state index contributed by atoms with van der Waals surface area (Å²) in [5.41, 5.74) is 3.66. The first-order valence-corrected chi connectivity index (χ1v) is 14.2. The van der Waals surface area contributed by atoms with Crippen LogP contribution in [0.25, 0.3) is 0 Å².